The van der Waals surface area contributed by atoms with E-state index < -0.39 is 0 Å². The molecular formula is C15H21BrClN3O. The van der Waals surface area contributed by atoms with Gasteiger partial charge in [0, 0.05) is 41.7 Å². The molecule has 1 unspecified atom stereocenters. The molecule has 0 aromatic heterocycles. The molecule has 0 spiro atoms. The van der Waals surface area contributed by atoms with Gasteiger partial charge in [0.15, 0.2) is 0 Å². The van der Waals surface area contributed by atoms with Crippen LogP contribution in [0.4, 0.5) is 0 Å². The standard InChI is InChI=1S/C15H21BrClN3O/c1-11(13-4-3-12(16)9-14(13)17)19(2)10-15(21)20-7-5-18-6-8-20/h3-4,9,11,18H,5-8,10H2,1-2H3. The molecule has 1 aromatic rings. The molecule has 0 radical (unpaired) electrons. The maximum atomic E-state index is 12.3. The SMILES string of the molecule is CC(c1ccc(Br)cc1Cl)N(C)CC(=O)N1CCNCC1. The fourth-order valence-electron chi connectivity index (χ4n) is 2.44. The van der Waals surface area contributed by atoms with Crippen molar-refractivity contribution in [2.75, 3.05) is 39.8 Å². The number of hydrogen-bond donors (Lipinski definition) is 1. The monoisotopic (exact) mass is 373 g/mol. The number of amides is 1. The Morgan fingerprint density at radius 1 is 1.48 bits per heavy atom. The molecule has 0 aliphatic carbocycles. The van der Waals surface area contributed by atoms with E-state index in [1.54, 1.807) is 0 Å². The van der Waals surface area contributed by atoms with E-state index in [4.69, 9.17) is 11.6 Å². The summed E-state index contributed by atoms with van der Waals surface area (Å²) in [6.45, 7) is 5.82. The molecule has 1 atom stereocenters. The maximum Gasteiger partial charge on any atom is 0.236 e. The zero-order valence-electron chi connectivity index (χ0n) is 12.4. The lowest BCUT2D eigenvalue weighted by Crippen LogP contribution is -2.49. The van der Waals surface area contributed by atoms with Crippen molar-refractivity contribution in [3.63, 3.8) is 0 Å². The Morgan fingerprint density at radius 2 is 2.14 bits per heavy atom. The van der Waals surface area contributed by atoms with Crippen molar-refractivity contribution < 1.29 is 4.79 Å². The second kappa shape index (κ2) is 7.58. The Labute approximate surface area is 139 Å². The van der Waals surface area contributed by atoms with E-state index in [0.29, 0.717) is 6.54 Å². The van der Waals surface area contributed by atoms with Crippen LogP contribution in [0, 0.1) is 0 Å². The number of carbonyl (C=O) groups excluding carboxylic acids is 1. The van der Waals surface area contributed by atoms with Gasteiger partial charge in [0.2, 0.25) is 5.91 Å². The van der Waals surface area contributed by atoms with E-state index in [0.717, 1.165) is 41.2 Å². The molecule has 116 valence electrons. The van der Waals surface area contributed by atoms with Crippen LogP contribution in [0.2, 0.25) is 5.02 Å². The first-order chi connectivity index (χ1) is 9.99. The minimum atomic E-state index is 0.0949. The quantitative estimate of drug-likeness (QED) is 0.879. The van der Waals surface area contributed by atoms with Crippen LogP contribution in [-0.2, 0) is 4.79 Å². The summed E-state index contributed by atoms with van der Waals surface area (Å²) >= 11 is 9.70. The largest absolute Gasteiger partial charge is 0.339 e. The summed E-state index contributed by atoms with van der Waals surface area (Å²) in [6, 6.07) is 5.96. The highest BCUT2D eigenvalue weighted by atomic mass is 79.9. The minimum absolute atomic E-state index is 0.0949. The topological polar surface area (TPSA) is 35.6 Å². The average Bonchev–Trinajstić information content (AvgIpc) is 2.47. The maximum absolute atomic E-state index is 12.3. The summed E-state index contributed by atoms with van der Waals surface area (Å²) in [7, 11) is 1.96. The van der Waals surface area contributed by atoms with Crippen LogP contribution in [0.1, 0.15) is 18.5 Å². The van der Waals surface area contributed by atoms with Gasteiger partial charge in [-0.3, -0.25) is 9.69 Å². The molecule has 1 aliphatic rings. The molecule has 0 bridgehead atoms. The normalized spacial score (nSPS) is 17.1. The van der Waals surface area contributed by atoms with Gasteiger partial charge < -0.3 is 10.2 Å². The number of hydrogen-bond acceptors (Lipinski definition) is 3. The predicted octanol–water partition coefficient (Wildman–Crippen LogP) is 2.53. The third-order valence-electron chi connectivity index (χ3n) is 3.93. The summed E-state index contributed by atoms with van der Waals surface area (Å²) < 4.78 is 0.961. The van der Waals surface area contributed by atoms with E-state index in [1.807, 2.05) is 35.0 Å². The van der Waals surface area contributed by atoms with E-state index in [-0.39, 0.29) is 11.9 Å². The summed E-state index contributed by atoms with van der Waals surface area (Å²) in [5.74, 6) is 0.180. The summed E-state index contributed by atoms with van der Waals surface area (Å²) in [6.07, 6.45) is 0. The van der Waals surface area contributed by atoms with E-state index in [2.05, 4.69) is 28.2 Å². The van der Waals surface area contributed by atoms with Crippen LogP contribution in [0.5, 0.6) is 0 Å². The molecule has 1 fully saturated rings. The lowest BCUT2D eigenvalue weighted by Gasteiger charge is -2.31. The fraction of sp³-hybridized carbons (Fsp3) is 0.533. The lowest BCUT2D eigenvalue weighted by atomic mass is 10.1. The number of halogens is 2. The molecule has 1 aromatic carbocycles. The second-order valence-corrected chi connectivity index (χ2v) is 6.71. The Kier molecular flexibility index (Phi) is 6.05. The number of likely N-dealkylation sites (N-methyl/N-ethyl adjacent to an activating group) is 1. The molecule has 0 saturated carbocycles. The van der Waals surface area contributed by atoms with Crippen molar-refractivity contribution in [1.82, 2.24) is 15.1 Å². The molecule has 21 heavy (non-hydrogen) atoms. The fourth-order valence-corrected chi connectivity index (χ4v) is 3.27. The first-order valence-corrected chi connectivity index (χ1v) is 8.30. The highest BCUT2D eigenvalue weighted by Gasteiger charge is 2.21. The van der Waals surface area contributed by atoms with Gasteiger partial charge in [-0.15, -0.1) is 0 Å². The molecule has 1 aliphatic heterocycles. The molecule has 1 heterocycles. The van der Waals surface area contributed by atoms with E-state index in [1.165, 1.54) is 0 Å². The van der Waals surface area contributed by atoms with Crippen LogP contribution in [0.15, 0.2) is 22.7 Å². The smallest absolute Gasteiger partial charge is 0.236 e. The van der Waals surface area contributed by atoms with E-state index in [9.17, 15) is 4.79 Å². The zero-order valence-corrected chi connectivity index (χ0v) is 14.7. The number of nitrogens with one attached hydrogen (secondary N) is 1. The van der Waals surface area contributed by atoms with Crippen LogP contribution in [-0.4, -0.2) is 55.5 Å². The second-order valence-electron chi connectivity index (χ2n) is 5.39. The van der Waals surface area contributed by atoms with Crippen molar-refractivity contribution in [3.05, 3.63) is 33.3 Å². The molecule has 6 heteroatoms. The third-order valence-corrected chi connectivity index (χ3v) is 4.75. The predicted molar refractivity (Wildman–Crippen MR) is 89.6 cm³/mol. The van der Waals surface area contributed by atoms with Gasteiger partial charge in [-0.2, -0.15) is 0 Å². The third kappa shape index (κ3) is 4.42. The van der Waals surface area contributed by atoms with Crippen LogP contribution >= 0.6 is 27.5 Å². The Morgan fingerprint density at radius 3 is 2.76 bits per heavy atom. The van der Waals surface area contributed by atoms with Crippen molar-refractivity contribution in [3.8, 4) is 0 Å². The van der Waals surface area contributed by atoms with Gasteiger partial charge in [0.25, 0.3) is 0 Å². The van der Waals surface area contributed by atoms with E-state index >= 15 is 0 Å². The molecule has 1 amide bonds. The summed E-state index contributed by atoms with van der Waals surface area (Å²) in [4.78, 5) is 16.3. The molecule has 1 N–H and O–H groups in total. The Balaban J connectivity index is 1.98. The Hall–Kier alpha value is -0.620. The average molecular weight is 375 g/mol. The number of piperazine rings is 1. The molecule has 2 rings (SSSR count). The van der Waals surface area contributed by atoms with Crippen molar-refractivity contribution >= 4 is 33.4 Å². The van der Waals surface area contributed by atoms with Crippen molar-refractivity contribution in [2.24, 2.45) is 0 Å². The lowest BCUT2D eigenvalue weighted by molar-refractivity contribution is -0.133. The van der Waals surface area contributed by atoms with Crippen molar-refractivity contribution in [2.45, 2.75) is 13.0 Å². The Bertz CT molecular complexity index is 506. The van der Waals surface area contributed by atoms with Crippen molar-refractivity contribution in [1.29, 1.82) is 0 Å². The molecule has 1 saturated heterocycles. The van der Waals surface area contributed by atoms with Gasteiger partial charge in [-0.1, -0.05) is 33.6 Å². The van der Waals surface area contributed by atoms with Crippen LogP contribution < -0.4 is 5.32 Å². The number of nitrogens with zero attached hydrogens (tertiary/aromatic N) is 2. The zero-order chi connectivity index (χ0) is 15.4. The molecule has 4 nitrogen and oxygen atoms in total. The van der Waals surface area contributed by atoms with Crippen LogP contribution in [0.25, 0.3) is 0 Å². The number of carbonyl (C=O) groups is 1. The van der Waals surface area contributed by atoms with Gasteiger partial charge in [0.1, 0.15) is 0 Å². The minimum Gasteiger partial charge on any atom is -0.339 e. The summed E-state index contributed by atoms with van der Waals surface area (Å²) in [5, 5.41) is 3.98. The highest BCUT2D eigenvalue weighted by molar-refractivity contribution is 9.10. The number of rotatable bonds is 4. The molecular weight excluding hydrogens is 354 g/mol. The summed E-state index contributed by atoms with van der Waals surface area (Å²) in [5.41, 5.74) is 1.04. The first kappa shape index (κ1) is 16.7. The highest BCUT2D eigenvalue weighted by Crippen LogP contribution is 2.29. The van der Waals surface area contributed by atoms with Gasteiger partial charge in [-0.05, 0) is 31.7 Å². The van der Waals surface area contributed by atoms with Gasteiger partial charge >= 0.3 is 0 Å². The van der Waals surface area contributed by atoms with Gasteiger partial charge in [0.05, 0.1) is 6.54 Å². The number of benzene rings is 1. The van der Waals surface area contributed by atoms with Gasteiger partial charge in [-0.25, -0.2) is 0 Å². The first-order valence-electron chi connectivity index (χ1n) is 7.12. The van der Waals surface area contributed by atoms with Crippen LogP contribution in [0.3, 0.4) is 0 Å².